The van der Waals surface area contributed by atoms with E-state index in [1.165, 1.54) is 22.7 Å². The lowest BCUT2D eigenvalue weighted by molar-refractivity contribution is -0.117. The number of carbonyl (C=O) groups is 2. The van der Waals surface area contributed by atoms with Crippen LogP contribution in [0.2, 0.25) is 0 Å². The molecule has 0 radical (unpaired) electrons. The summed E-state index contributed by atoms with van der Waals surface area (Å²) in [4.78, 5) is 24.5. The maximum atomic E-state index is 12.0. The minimum atomic E-state index is -0.647. The predicted molar refractivity (Wildman–Crippen MR) is 83.9 cm³/mol. The molecule has 8 heteroatoms. The molecule has 2 aromatic heterocycles. The summed E-state index contributed by atoms with van der Waals surface area (Å²) < 4.78 is 0. The summed E-state index contributed by atoms with van der Waals surface area (Å²) >= 11 is 2.67. The lowest BCUT2D eigenvalue weighted by atomic mass is 10.2. The van der Waals surface area contributed by atoms with Gasteiger partial charge in [0.25, 0.3) is 5.91 Å². The van der Waals surface area contributed by atoms with Crippen LogP contribution in [0.25, 0.3) is 0 Å². The smallest absolute Gasteiger partial charge is 0.261 e. The third-order valence-electron chi connectivity index (χ3n) is 2.65. The second kappa shape index (κ2) is 6.77. The Morgan fingerprint density at radius 3 is 2.57 bits per heavy atom. The summed E-state index contributed by atoms with van der Waals surface area (Å²) in [6, 6.07) is 2.86. The summed E-state index contributed by atoms with van der Waals surface area (Å²) in [5.41, 5.74) is 0. The van der Waals surface area contributed by atoms with Gasteiger partial charge in [0.1, 0.15) is 11.0 Å². The van der Waals surface area contributed by atoms with E-state index in [0.717, 1.165) is 5.01 Å². The number of carbonyl (C=O) groups excluding carboxylic acids is 2. The molecule has 2 N–H and O–H groups in total. The summed E-state index contributed by atoms with van der Waals surface area (Å²) in [5, 5.41) is 16.3. The molecule has 0 aliphatic heterocycles. The van der Waals surface area contributed by atoms with Crippen LogP contribution in [-0.4, -0.2) is 28.1 Å². The number of hydrogen-bond acceptors (Lipinski definition) is 6. The van der Waals surface area contributed by atoms with Crippen molar-refractivity contribution in [2.24, 2.45) is 0 Å². The van der Waals surface area contributed by atoms with Crippen molar-refractivity contribution in [2.45, 2.75) is 32.7 Å². The first-order chi connectivity index (χ1) is 9.97. The SMILES string of the molecule is CC(NC(=O)c1cccs1)C(=O)Nc1nnc(C(C)C)s1. The second-order valence-corrected chi connectivity index (χ2v) is 6.72. The number of amides is 2. The van der Waals surface area contributed by atoms with Crippen molar-refractivity contribution in [3.63, 3.8) is 0 Å². The summed E-state index contributed by atoms with van der Waals surface area (Å²) in [6.07, 6.45) is 0. The molecule has 2 amide bonds. The highest BCUT2D eigenvalue weighted by molar-refractivity contribution is 7.15. The first-order valence-electron chi connectivity index (χ1n) is 6.46. The van der Waals surface area contributed by atoms with E-state index in [1.807, 2.05) is 19.2 Å². The van der Waals surface area contributed by atoms with Crippen molar-refractivity contribution in [3.05, 3.63) is 27.4 Å². The van der Waals surface area contributed by atoms with E-state index < -0.39 is 6.04 Å². The largest absolute Gasteiger partial charge is 0.340 e. The molecule has 2 aromatic rings. The minimum absolute atomic E-state index is 0.257. The number of anilines is 1. The van der Waals surface area contributed by atoms with Gasteiger partial charge in [-0.1, -0.05) is 31.3 Å². The van der Waals surface area contributed by atoms with Gasteiger partial charge in [-0.05, 0) is 18.4 Å². The number of rotatable bonds is 5. The molecule has 1 unspecified atom stereocenters. The molecule has 0 fully saturated rings. The van der Waals surface area contributed by atoms with Gasteiger partial charge in [-0.15, -0.1) is 21.5 Å². The fourth-order valence-electron chi connectivity index (χ4n) is 1.47. The Bertz CT molecular complexity index is 622. The van der Waals surface area contributed by atoms with Crippen LogP contribution in [0.1, 0.15) is 41.4 Å². The van der Waals surface area contributed by atoms with Crippen LogP contribution in [0.15, 0.2) is 17.5 Å². The van der Waals surface area contributed by atoms with E-state index in [4.69, 9.17) is 0 Å². The summed E-state index contributed by atoms with van der Waals surface area (Å²) in [6.45, 7) is 5.65. The van der Waals surface area contributed by atoms with Gasteiger partial charge in [0.2, 0.25) is 11.0 Å². The Balaban J connectivity index is 1.91. The topological polar surface area (TPSA) is 84.0 Å². The molecule has 2 rings (SSSR count). The second-order valence-electron chi connectivity index (χ2n) is 4.76. The molecule has 0 saturated heterocycles. The Kier molecular flexibility index (Phi) is 5.03. The van der Waals surface area contributed by atoms with Crippen molar-refractivity contribution < 1.29 is 9.59 Å². The zero-order valence-corrected chi connectivity index (χ0v) is 13.5. The highest BCUT2D eigenvalue weighted by atomic mass is 32.1. The number of hydrogen-bond donors (Lipinski definition) is 2. The summed E-state index contributed by atoms with van der Waals surface area (Å²) in [7, 11) is 0. The van der Waals surface area contributed by atoms with Gasteiger partial charge in [0.05, 0.1) is 4.88 Å². The van der Waals surface area contributed by atoms with Crippen molar-refractivity contribution >= 4 is 39.6 Å². The maximum Gasteiger partial charge on any atom is 0.261 e. The molecule has 0 aliphatic carbocycles. The molecule has 0 spiro atoms. The standard InChI is InChI=1S/C13H16N4O2S2/c1-7(2)12-16-17-13(21-12)15-10(18)8(3)14-11(19)9-5-4-6-20-9/h4-8H,1-3H3,(H,14,19)(H,15,17,18). The molecule has 2 heterocycles. The summed E-state index contributed by atoms with van der Waals surface area (Å²) in [5.74, 6) is -0.303. The van der Waals surface area contributed by atoms with Crippen molar-refractivity contribution in [1.82, 2.24) is 15.5 Å². The molecule has 0 saturated carbocycles. The zero-order valence-electron chi connectivity index (χ0n) is 11.9. The highest BCUT2D eigenvalue weighted by Gasteiger charge is 2.19. The van der Waals surface area contributed by atoms with Gasteiger partial charge in [-0.3, -0.25) is 14.9 Å². The number of nitrogens with zero attached hydrogens (tertiary/aromatic N) is 2. The van der Waals surface area contributed by atoms with E-state index >= 15 is 0 Å². The molecule has 21 heavy (non-hydrogen) atoms. The van der Waals surface area contributed by atoms with E-state index in [1.54, 1.807) is 19.1 Å². The fourth-order valence-corrected chi connectivity index (χ4v) is 2.85. The van der Waals surface area contributed by atoms with Crippen molar-refractivity contribution in [2.75, 3.05) is 5.32 Å². The Labute approximate surface area is 130 Å². The van der Waals surface area contributed by atoms with Gasteiger partial charge in [0.15, 0.2) is 0 Å². The zero-order chi connectivity index (χ0) is 15.4. The van der Waals surface area contributed by atoms with Crippen LogP contribution >= 0.6 is 22.7 Å². The van der Waals surface area contributed by atoms with Crippen molar-refractivity contribution in [3.8, 4) is 0 Å². The van der Waals surface area contributed by atoms with Gasteiger partial charge < -0.3 is 5.32 Å². The monoisotopic (exact) mass is 324 g/mol. The number of nitrogens with one attached hydrogen (secondary N) is 2. The predicted octanol–water partition coefficient (Wildman–Crippen LogP) is 2.48. The average molecular weight is 324 g/mol. The van der Waals surface area contributed by atoms with E-state index in [-0.39, 0.29) is 17.7 Å². The van der Waals surface area contributed by atoms with Gasteiger partial charge in [-0.2, -0.15) is 0 Å². The number of thiophene rings is 1. The number of aromatic nitrogens is 2. The molecule has 0 bridgehead atoms. The normalized spacial score (nSPS) is 12.2. The molecule has 1 atom stereocenters. The van der Waals surface area contributed by atoms with Crippen molar-refractivity contribution in [1.29, 1.82) is 0 Å². The fraction of sp³-hybridized carbons (Fsp3) is 0.385. The van der Waals surface area contributed by atoms with Crippen LogP contribution in [0, 0.1) is 0 Å². The van der Waals surface area contributed by atoms with Crippen LogP contribution in [0.5, 0.6) is 0 Å². The Morgan fingerprint density at radius 1 is 1.24 bits per heavy atom. The molecule has 0 aliphatic rings. The van der Waals surface area contributed by atoms with Crippen LogP contribution < -0.4 is 10.6 Å². The maximum absolute atomic E-state index is 12.0. The molecular weight excluding hydrogens is 308 g/mol. The van der Waals surface area contributed by atoms with Gasteiger partial charge in [0, 0.05) is 5.92 Å². The molecule has 0 aromatic carbocycles. The average Bonchev–Trinajstić information content (AvgIpc) is 3.09. The Morgan fingerprint density at radius 2 is 2.00 bits per heavy atom. The van der Waals surface area contributed by atoms with Crippen LogP contribution in [-0.2, 0) is 4.79 Å². The van der Waals surface area contributed by atoms with E-state index in [0.29, 0.717) is 10.0 Å². The van der Waals surface area contributed by atoms with Crippen LogP contribution in [0.3, 0.4) is 0 Å². The Hall–Kier alpha value is -1.80. The minimum Gasteiger partial charge on any atom is -0.340 e. The third kappa shape index (κ3) is 4.08. The van der Waals surface area contributed by atoms with E-state index in [2.05, 4.69) is 20.8 Å². The highest BCUT2D eigenvalue weighted by Crippen LogP contribution is 2.22. The van der Waals surface area contributed by atoms with Gasteiger partial charge in [-0.25, -0.2) is 0 Å². The van der Waals surface area contributed by atoms with Crippen LogP contribution in [0.4, 0.5) is 5.13 Å². The van der Waals surface area contributed by atoms with E-state index in [9.17, 15) is 9.59 Å². The molecular formula is C13H16N4O2S2. The quantitative estimate of drug-likeness (QED) is 0.885. The third-order valence-corrected chi connectivity index (χ3v) is 4.66. The lowest BCUT2D eigenvalue weighted by Crippen LogP contribution is -2.41. The first-order valence-corrected chi connectivity index (χ1v) is 8.15. The molecule has 112 valence electrons. The molecule has 6 nitrogen and oxygen atoms in total. The van der Waals surface area contributed by atoms with Gasteiger partial charge >= 0.3 is 0 Å². The first kappa shape index (κ1) is 15.6. The lowest BCUT2D eigenvalue weighted by Gasteiger charge is -2.11.